The maximum Gasteiger partial charge on any atom is 0.355 e. The molecule has 4 unspecified atom stereocenters. The van der Waals surface area contributed by atoms with E-state index in [9.17, 15) is 14.4 Å². The third-order valence-electron chi connectivity index (χ3n) is 5.80. The molecular formula is C22H28N2O4. The Morgan fingerprint density at radius 2 is 1.93 bits per heavy atom. The molecule has 0 saturated heterocycles. The first kappa shape index (κ1) is 20.1. The Morgan fingerprint density at radius 3 is 2.54 bits per heavy atom. The number of carbonyl (C=O) groups is 3. The van der Waals surface area contributed by atoms with Gasteiger partial charge in [0.2, 0.25) is 5.91 Å². The fourth-order valence-corrected chi connectivity index (χ4v) is 4.57. The van der Waals surface area contributed by atoms with Crippen molar-refractivity contribution in [3.8, 4) is 0 Å². The van der Waals surface area contributed by atoms with Crippen LogP contribution in [0.1, 0.15) is 45.1 Å². The molecule has 2 bridgehead atoms. The minimum atomic E-state index is -0.734. The summed E-state index contributed by atoms with van der Waals surface area (Å²) < 4.78 is 5.13. The van der Waals surface area contributed by atoms with Crippen LogP contribution in [0.15, 0.2) is 36.0 Å². The van der Waals surface area contributed by atoms with Crippen LogP contribution in [0.4, 0.5) is 0 Å². The monoisotopic (exact) mass is 384 g/mol. The van der Waals surface area contributed by atoms with Crippen molar-refractivity contribution in [1.29, 1.82) is 0 Å². The van der Waals surface area contributed by atoms with E-state index in [0.717, 1.165) is 11.5 Å². The molecule has 0 heterocycles. The maximum atomic E-state index is 12.3. The lowest BCUT2D eigenvalue weighted by atomic mass is 9.84. The molecule has 2 amide bonds. The molecule has 0 aromatic heterocycles. The van der Waals surface area contributed by atoms with Gasteiger partial charge in [-0.25, -0.2) is 4.79 Å². The van der Waals surface area contributed by atoms with Crippen LogP contribution in [0.3, 0.4) is 0 Å². The molecule has 2 aliphatic carbocycles. The Kier molecular flexibility index (Phi) is 6.49. The molecular weight excluding hydrogens is 356 g/mol. The number of fused-ring (bicyclic) bond motifs is 2. The van der Waals surface area contributed by atoms with E-state index in [2.05, 4.69) is 10.6 Å². The molecule has 2 saturated carbocycles. The van der Waals surface area contributed by atoms with Crippen LogP contribution >= 0.6 is 0 Å². The Hall–Kier alpha value is -2.63. The summed E-state index contributed by atoms with van der Waals surface area (Å²) in [4.78, 5) is 36.0. The van der Waals surface area contributed by atoms with Gasteiger partial charge in [-0.2, -0.15) is 0 Å². The summed E-state index contributed by atoms with van der Waals surface area (Å²) in [5, 5.41) is 5.44. The molecule has 0 radical (unpaired) electrons. The minimum absolute atomic E-state index is 0.00708. The predicted molar refractivity (Wildman–Crippen MR) is 106 cm³/mol. The number of hydrogen-bond acceptors (Lipinski definition) is 4. The van der Waals surface area contributed by atoms with Crippen LogP contribution in [-0.4, -0.2) is 30.4 Å². The predicted octanol–water partition coefficient (Wildman–Crippen LogP) is 2.65. The number of esters is 1. The molecule has 0 spiro atoms. The third-order valence-corrected chi connectivity index (χ3v) is 5.80. The maximum absolute atomic E-state index is 12.3. The van der Waals surface area contributed by atoms with Crippen molar-refractivity contribution in [3.05, 3.63) is 41.6 Å². The van der Waals surface area contributed by atoms with E-state index in [4.69, 9.17) is 4.74 Å². The average Bonchev–Trinajstić information content (AvgIpc) is 3.29. The minimum Gasteiger partial charge on any atom is -0.451 e. The van der Waals surface area contributed by atoms with Crippen LogP contribution in [0.25, 0.3) is 6.08 Å². The van der Waals surface area contributed by atoms with E-state index in [1.54, 1.807) is 12.1 Å². The van der Waals surface area contributed by atoms with Crippen LogP contribution in [0.5, 0.6) is 0 Å². The van der Waals surface area contributed by atoms with Gasteiger partial charge in [0, 0.05) is 13.0 Å². The largest absolute Gasteiger partial charge is 0.451 e. The van der Waals surface area contributed by atoms with Gasteiger partial charge in [-0.15, -0.1) is 0 Å². The SMILES string of the molecule is CC(=O)N/C(=C\c1ccccc1)C(=O)OCC(=O)NC(C)C1CC2CCC1C2. The van der Waals surface area contributed by atoms with Crippen molar-refractivity contribution in [3.63, 3.8) is 0 Å². The zero-order valence-electron chi connectivity index (χ0n) is 16.4. The molecule has 1 aromatic carbocycles. The van der Waals surface area contributed by atoms with E-state index in [-0.39, 0.29) is 30.2 Å². The highest BCUT2D eigenvalue weighted by Gasteiger charge is 2.42. The van der Waals surface area contributed by atoms with Gasteiger partial charge in [0.15, 0.2) is 6.61 Å². The zero-order chi connectivity index (χ0) is 20.1. The Labute approximate surface area is 165 Å². The first-order valence-corrected chi connectivity index (χ1v) is 9.93. The van der Waals surface area contributed by atoms with Gasteiger partial charge in [0.05, 0.1) is 0 Å². The number of rotatable bonds is 7. The first-order chi connectivity index (χ1) is 13.4. The van der Waals surface area contributed by atoms with E-state index in [1.807, 2.05) is 25.1 Å². The summed E-state index contributed by atoms with van der Waals surface area (Å²) in [6.45, 7) is 2.98. The molecule has 6 nitrogen and oxygen atoms in total. The van der Waals surface area contributed by atoms with Gasteiger partial charge in [-0.3, -0.25) is 9.59 Å². The van der Waals surface area contributed by atoms with Crippen molar-refractivity contribution in [2.75, 3.05) is 6.61 Å². The Bertz CT molecular complexity index is 759. The van der Waals surface area contributed by atoms with Gasteiger partial charge in [0.1, 0.15) is 5.70 Å². The van der Waals surface area contributed by atoms with Gasteiger partial charge in [-0.05, 0) is 55.6 Å². The smallest absolute Gasteiger partial charge is 0.355 e. The average molecular weight is 384 g/mol. The van der Waals surface area contributed by atoms with Gasteiger partial charge < -0.3 is 15.4 Å². The Balaban J connectivity index is 1.52. The number of hydrogen-bond donors (Lipinski definition) is 2. The summed E-state index contributed by atoms with van der Waals surface area (Å²) in [6.07, 6.45) is 6.57. The second kappa shape index (κ2) is 9.04. The van der Waals surface area contributed by atoms with Gasteiger partial charge in [0.25, 0.3) is 5.91 Å². The fourth-order valence-electron chi connectivity index (χ4n) is 4.57. The van der Waals surface area contributed by atoms with Crippen molar-refractivity contribution < 1.29 is 19.1 Å². The van der Waals surface area contributed by atoms with Crippen molar-refractivity contribution >= 4 is 23.9 Å². The van der Waals surface area contributed by atoms with Crippen LogP contribution in [0, 0.1) is 17.8 Å². The molecule has 3 rings (SSSR count). The molecule has 2 fully saturated rings. The molecule has 1 aromatic rings. The summed E-state index contributed by atoms with van der Waals surface area (Å²) in [7, 11) is 0. The third kappa shape index (κ3) is 5.21. The van der Waals surface area contributed by atoms with Crippen LogP contribution in [-0.2, 0) is 19.1 Å². The van der Waals surface area contributed by atoms with E-state index < -0.39 is 5.97 Å². The second-order valence-corrected chi connectivity index (χ2v) is 7.92. The van der Waals surface area contributed by atoms with E-state index >= 15 is 0 Å². The molecule has 2 aliphatic rings. The molecule has 6 heteroatoms. The molecule has 28 heavy (non-hydrogen) atoms. The summed E-state index contributed by atoms with van der Waals surface area (Å²) >= 11 is 0. The standard InChI is InChI=1S/C22H28N2O4/c1-14(19-11-17-8-9-18(19)10-17)23-21(26)13-28-22(27)20(24-15(2)25)12-16-6-4-3-5-7-16/h3-7,12,14,17-19H,8-11,13H2,1-2H3,(H,23,26)(H,24,25)/b20-12-. The quantitative estimate of drug-likeness (QED) is 0.559. The van der Waals surface area contributed by atoms with Crippen LogP contribution in [0.2, 0.25) is 0 Å². The molecule has 4 atom stereocenters. The highest BCUT2D eigenvalue weighted by atomic mass is 16.5. The van der Waals surface area contributed by atoms with Gasteiger partial charge >= 0.3 is 5.97 Å². The van der Waals surface area contributed by atoms with E-state index in [0.29, 0.717) is 11.8 Å². The van der Waals surface area contributed by atoms with Crippen LogP contribution < -0.4 is 10.6 Å². The highest BCUT2D eigenvalue weighted by Crippen LogP contribution is 2.49. The lowest BCUT2D eigenvalue weighted by Crippen LogP contribution is -2.42. The number of benzene rings is 1. The normalized spacial score (nSPS) is 24.5. The fraction of sp³-hybridized carbons (Fsp3) is 0.500. The summed E-state index contributed by atoms with van der Waals surface area (Å²) in [6, 6.07) is 9.20. The second-order valence-electron chi connectivity index (χ2n) is 7.92. The van der Waals surface area contributed by atoms with Gasteiger partial charge in [-0.1, -0.05) is 36.8 Å². The summed E-state index contributed by atoms with van der Waals surface area (Å²) in [5.74, 6) is 0.616. The summed E-state index contributed by atoms with van der Waals surface area (Å²) in [5.41, 5.74) is 0.755. The first-order valence-electron chi connectivity index (χ1n) is 9.93. The zero-order valence-corrected chi connectivity index (χ0v) is 16.4. The number of carbonyl (C=O) groups excluding carboxylic acids is 3. The lowest BCUT2D eigenvalue weighted by molar-refractivity contribution is -0.145. The lowest BCUT2D eigenvalue weighted by Gasteiger charge is -2.28. The number of nitrogens with one attached hydrogen (secondary N) is 2. The Morgan fingerprint density at radius 1 is 1.18 bits per heavy atom. The topological polar surface area (TPSA) is 84.5 Å². The molecule has 0 aliphatic heterocycles. The number of ether oxygens (including phenoxy) is 1. The van der Waals surface area contributed by atoms with Crippen molar-refractivity contribution in [2.45, 2.75) is 45.6 Å². The molecule has 2 N–H and O–H groups in total. The highest BCUT2D eigenvalue weighted by molar-refractivity contribution is 5.98. The number of amides is 2. The van der Waals surface area contributed by atoms with Crippen molar-refractivity contribution in [1.82, 2.24) is 10.6 Å². The van der Waals surface area contributed by atoms with Crippen molar-refractivity contribution in [2.24, 2.45) is 17.8 Å². The molecule has 150 valence electrons. The van der Waals surface area contributed by atoms with E-state index in [1.165, 1.54) is 38.7 Å².